The summed E-state index contributed by atoms with van der Waals surface area (Å²) in [6, 6.07) is 11.2. The van der Waals surface area contributed by atoms with Crippen LogP contribution in [0.3, 0.4) is 0 Å². The number of carbonyl (C=O) groups excluding carboxylic acids is 1. The van der Waals surface area contributed by atoms with Gasteiger partial charge in [0.1, 0.15) is 16.4 Å². The average Bonchev–Trinajstić information content (AvgIpc) is 2.67. The number of nitrogens with zero attached hydrogens (tertiary/aromatic N) is 1. The van der Waals surface area contributed by atoms with E-state index in [0.717, 1.165) is 9.87 Å². The highest BCUT2D eigenvalue weighted by Gasteiger charge is 2.27. The van der Waals surface area contributed by atoms with Gasteiger partial charge in [0, 0.05) is 12.1 Å². The molecule has 2 rings (SSSR count). The molecule has 0 aliphatic rings. The van der Waals surface area contributed by atoms with Crippen LogP contribution >= 0.6 is 11.6 Å². The molecule has 0 heterocycles. The van der Waals surface area contributed by atoms with E-state index in [9.17, 15) is 13.2 Å². The van der Waals surface area contributed by atoms with Crippen LogP contribution in [0, 0.1) is 0 Å². The van der Waals surface area contributed by atoms with Crippen molar-refractivity contribution >= 4 is 27.5 Å². The molecule has 9 heteroatoms. The molecule has 1 atom stereocenters. The summed E-state index contributed by atoms with van der Waals surface area (Å²) in [6.07, 6.45) is 0. The van der Waals surface area contributed by atoms with Gasteiger partial charge in [0.25, 0.3) is 0 Å². The first kappa shape index (κ1) is 22.0. The summed E-state index contributed by atoms with van der Waals surface area (Å²) in [5, 5.41) is 3.04. The highest BCUT2D eigenvalue weighted by Crippen LogP contribution is 2.29. The minimum atomic E-state index is -3.96. The lowest BCUT2D eigenvalue weighted by molar-refractivity contribution is -0.121. The lowest BCUT2D eigenvalue weighted by atomic mass is 10.1. The van der Waals surface area contributed by atoms with E-state index in [4.69, 9.17) is 21.1 Å². The molecule has 152 valence electrons. The Balaban J connectivity index is 2.09. The number of ether oxygens (including phenoxy) is 2. The maximum Gasteiger partial charge on any atom is 0.247 e. The smallest absolute Gasteiger partial charge is 0.247 e. The largest absolute Gasteiger partial charge is 0.497 e. The molecule has 28 heavy (non-hydrogen) atoms. The van der Waals surface area contributed by atoms with E-state index in [1.54, 1.807) is 19.2 Å². The van der Waals surface area contributed by atoms with Crippen molar-refractivity contribution in [3.8, 4) is 11.5 Å². The molecule has 0 spiro atoms. The Hall–Kier alpha value is -2.29. The summed E-state index contributed by atoms with van der Waals surface area (Å²) in [5.41, 5.74) is 0.871. The lowest BCUT2D eigenvalue weighted by Gasteiger charge is -2.20. The summed E-state index contributed by atoms with van der Waals surface area (Å²) in [7, 11) is 0.306. The molecule has 0 aromatic heterocycles. The Labute approximate surface area is 170 Å². The fourth-order valence-electron chi connectivity index (χ4n) is 2.57. The SMILES string of the molecule is COc1ccc(C(C)NC(=O)CN(C)S(=O)(=O)c2cc(Cl)ccc2OC)cc1. The predicted molar refractivity (Wildman–Crippen MR) is 107 cm³/mol. The molecular formula is C19H23ClN2O5S. The van der Waals surface area contributed by atoms with Crippen LogP contribution in [0.1, 0.15) is 18.5 Å². The summed E-state index contributed by atoms with van der Waals surface area (Å²) in [4.78, 5) is 12.3. The van der Waals surface area contributed by atoms with Crippen LogP contribution in [-0.2, 0) is 14.8 Å². The first-order valence-corrected chi connectivity index (χ1v) is 10.2. The maximum atomic E-state index is 12.8. The number of carbonyl (C=O) groups is 1. The third-order valence-corrected chi connectivity index (χ3v) is 6.23. The van der Waals surface area contributed by atoms with Crippen molar-refractivity contribution in [3.63, 3.8) is 0 Å². The molecule has 7 nitrogen and oxygen atoms in total. The Morgan fingerprint density at radius 1 is 1.14 bits per heavy atom. The number of nitrogens with one attached hydrogen (secondary N) is 1. The van der Waals surface area contributed by atoms with Crippen molar-refractivity contribution in [2.75, 3.05) is 27.8 Å². The molecule has 0 saturated heterocycles. The topological polar surface area (TPSA) is 84.9 Å². The molecule has 2 aromatic rings. The molecule has 0 bridgehead atoms. The van der Waals surface area contributed by atoms with E-state index < -0.39 is 15.9 Å². The summed E-state index contributed by atoms with van der Waals surface area (Å²) < 4.78 is 36.8. The van der Waals surface area contributed by atoms with E-state index in [1.165, 1.54) is 32.4 Å². The van der Waals surface area contributed by atoms with Crippen molar-refractivity contribution in [1.82, 2.24) is 9.62 Å². The molecule has 1 N–H and O–H groups in total. The number of rotatable bonds is 8. The van der Waals surface area contributed by atoms with E-state index in [2.05, 4.69) is 5.32 Å². The van der Waals surface area contributed by atoms with Gasteiger partial charge in [0.05, 0.1) is 26.8 Å². The second kappa shape index (κ2) is 9.27. The Kier molecular flexibility index (Phi) is 7.29. The van der Waals surface area contributed by atoms with Gasteiger partial charge in [-0.25, -0.2) is 8.42 Å². The molecule has 2 aromatic carbocycles. The molecule has 0 saturated carbocycles. The number of amides is 1. The highest BCUT2D eigenvalue weighted by molar-refractivity contribution is 7.89. The molecule has 1 unspecified atom stereocenters. The standard InChI is InChI=1S/C19H23ClN2O5S/c1-13(14-5-8-16(26-3)9-6-14)21-19(23)12-22(2)28(24,25)18-11-15(20)7-10-17(18)27-4/h5-11,13H,12H2,1-4H3,(H,21,23). The first-order chi connectivity index (χ1) is 13.2. The second-order valence-electron chi connectivity index (χ2n) is 6.12. The third kappa shape index (κ3) is 5.15. The second-order valence-corrected chi connectivity index (χ2v) is 8.57. The fourth-order valence-corrected chi connectivity index (χ4v) is 4.11. The van der Waals surface area contributed by atoms with Gasteiger partial charge < -0.3 is 14.8 Å². The number of likely N-dealkylation sites (N-methyl/N-ethyl adjacent to an activating group) is 1. The van der Waals surface area contributed by atoms with E-state index >= 15 is 0 Å². The normalized spacial score (nSPS) is 12.5. The quantitative estimate of drug-likeness (QED) is 0.701. The zero-order chi connectivity index (χ0) is 20.9. The number of halogens is 1. The van der Waals surface area contributed by atoms with Gasteiger partial charge in [-0.2, -0.15) is 4.31 Å². The zero-order valence-corrected chi connectivity index (χ0v) is 17.7. The molecule has 0 fully saturated rings. The molecule has 1 amide bonds. The minimum Gasteiger partial charge on any atom is -0.497 e. The molecule has 0 aliphatic carbocycles. The van der Waals surface area contributed by atoms with E-state index in [0.29, 0.717) is 5.75 Å². The highest BCUT2D eigenvalue weighted by atomic mass is 35.5. The number of hydrogen-bond donors (Lipinski definition) is 1. The van der Waals surface area contributed by atoms with Gasteiger partial charge in [-0.05, 0) is 42.8 Å². The van der Waals surface area contributed by atoms with Crippen LogP contribution in [-0.4, -0.2) is 46.4 Å². The minimum absolute atomic E-state index is 0.0963. The van der Waals surface area contributed by atoms with Crippen molar-refractivity contribution in [2.24, 2.45) is 0 Å². The monoisotopic (exact) mass is 426 g/mol. The van der Waals surface area contributed by atoms with Gasteiger partial charge in [-0.15, -0.1) is 0 Å². The van der Waals surface area contributed by atoms with Crippen molar-refractivity contribution in [1.29, 1.82) is 0 Å². The predicted octanol–water partition coefficient (Wildman–Crippen LogP) is 2.86. The average molecular weight is 427 g/mol. The lowest BCUT2D eigenvalue weighted by Crippen LogP contribution is -2.39. The van der Waals surface area contributed by atoms with E-state index in [-0.39, 0.29) is 28.3 Å². The van der Waals surface area contributed by atoms with Gasteiger partial charge in [0.2, 0.25) is 15.9 Å². The molecule has 0 aliphatic heterocycles. The zero-order valence-electron chi connectivity index (χ0n) is 16.1. The van der Waals surface area contributed by atoms with Crippen LogP contribution in [0.25, 0.3) is 0 Å². The number of sulfonamides is 1. The summed E-state index contributed by atoms with van der Waals surface area (Å²) in [6.45, 7) is 1.46. The van der Waals surface area contributed by atoms with Crippen molar-refractivity contribution in [3.05, 3.63) is 53.1 Å². The van der Waals surface area contributed by atoms with E-state index in [1.807, 2.05) is 19.1 Å². The number of methoxy groups -OCH3 is 2. The van der Waals surface area contributed by atoms with Crippen LogP contribution in [0.2, 0.25) is 5.02 Å². The Bertz CT molecular complexity index is 932. The Morgan fingerprint density at radius 3 is 2.36 bits per heavy atom. The van der Waals surface area contributed by atoms with Crippen molar-refractivity contribution < 1.29 is 22.7 Å². The number of hydrogen-bond acceptors (Lipinski definition) is 5. The summed E-state index contributed by atoms with van der Waals surface area (Å²) >= 11 is 5.92. The first-order valence-electron chi connectivity index (χ1n) is 8.42. The fraction of sp³-hybridized carbons (Fsp3) is 0.316. The van der Waals surface area contributed by atoms with Crippen LogP contribution < -0.4 is 14.8 Å². The Morgan fingerprint density at radius 2 is 1.79 bits per heavy atom. The molecule has 0 radical (unpaired) electrons. The summed E-state index contributed by atoms with van der Waals surface area (Å²) in [5.74, 6) is 0.433. The third-order valence-electron chi connectivity index (χ3n) is 4.17. The van der Waals surface area contributed by atoms with Gasteiger partial charge in [0.15, 0.2) is 0 Å². The number of benzene rings is 2. The van der Waals surface area contributed by atoms with Gasteiger partial charge in [-0.1, -0.05) is 23.7 Å². The van der Waals surface area contributed by atoms with Crippen LogP contribution in [0.4, 0.5) is 0 Å². The van der Waals surface area contributed by atoms with Crippen molar-refractivity contribution in [2.45, 2.75) is 17.9 Å². The van der Waals surface area contributed by atoms with Crippen LogP contribution in [0.15, 0.2) is 47.4 Å². The van der Waals surface area contributed by atoms with Gasteiger partial charge in [-0.3, -0.25) is 4.79 Å². The molecular weight excluding hydrogens is 404 g/mol. The van der Waals surface area contributed by atoms with Gasteiger partial charge >= 0.3 is 0 Å². The van der Waals surface area contributed by atoms with Crippen LogP contribution in [0.5, 0.6) is 11.5 Å². The maximum absolute atomic E-state index is 12.8.